The van der Waals surface area contributed by atoms with Crippen molar-refractivity contribution >= 4 is 28.6 Å². The molecule has 0 unspecified atom stereocenters. The number of carbonyl (C=O) groups excluding carboxylic acids is 1. The highest BCUT2D eigenvalue weighted by atomic mass is 32.2. The van der Waals surface area contributed by atoms with Crippen LogP contribution in [0.2, 0.25) is 0 Å². The summed E-state index contributed by atoms with van der Waals surface area (Å²) in [6, 6.07) is 27.0. The summed E-state index contributed by atoms with van der Waals surface area (Å²) >= 11 is 1.30. The van der Waals surface area contributed by atoms with Gasteiger partial charge in [0.05, 0.1) is 21.8 Å². The van der Waals surface area contributed by atoms with Crippen LogP contribution in [-0.4, -0.2) is 26.8 Å². The van der Waals surface area contributed by atoms with Gasteiger partial charge in [-0.05, 0) is 56.5 Å². The third kappa shape index (κ3) is 5.52. The van der Waals surface area contributed by atoms with Gasteiger partial charge in [-0.1, -0.05) is 72.4 Å². The summed E-state index contributed by atoms with van der Waals surface area (Å²) < 4.78 is 1.59. The summed E-state index contributed by atoms with van der Waals surface area (Å²) in [5.74, 6) is -0.0671. The van der Waals surface area contributed by atoms with Gasteiger partial charge in [0, 0.05) is 6.04 Å². The first-order valence-corrected chi connectivity index (χ1v) is 12.0. The zero-order chi connectivity index (χ0) is 23.2. The summed E-state index contributed by atoms with van der Waals surface area (Å²) in [5.41, 5.74) is 2.47. The molecule has 1 amide bonds. The normalized spacial score (nSPS) is 12.9. The number of aromatic nitrogens is 2. The molecular formula is C27H27N3O2S. The van der Waals surface area contributed by atoms with Crippen LogP contribution in [0.1, 0.15) is 25.8 Å². The minimum Gasteiger partial charge on any atom is -0.353 e. The SMILES string of the molecule is C[C@H](CCc1ccccc1)NC(=O)[C@H](C)Sc1nc2ccccc2c(=O)n1-c1ccccc1. The van der Waals surface area contributed by atoms with Gasteiger partial charge in [-0.25, -0.2) is 4.98 Å². The van der Waals surface area contributed by atoms with Crippen LogP contribution in [0.25, 0.3) is 16.6 Å². The molecule has 6 heteroatoms. The van der Waals surface area contributed by atoms with E-state index in [4.69, 9.17) is 4.98 Å². The Morgan fingerprint density at radius 1 is 0.939 bits per heavy atom. The highest BCUT2D eigenvalue weighted by Gasteiger charge is 2.21. The summed E-state index contributed by atoms with van der Waals surface area (Å²) in [6.45, 7) is 3.87. The highest BCUT2D eigenvalue weighted by Crippen LogP contribution is 2.25. The second kappa shape index (κ2) is 10.5. The van der Waals surface area contributed by atoms with Gasteiger partial charge < -0.3 is 5.32 Å². The van der Waals surface area contributed by atoms with Crippen molar-refractivity contribution in [3.05, 3.63) is 101 Å². The lowest BCUT2D eigenvalue weighted by atomic mass is 10.1. The molecule has 1 heterocycles. The summed E-state index contributed by atoms with van der Waals surface area (Å²) in [4.78, 5) is 31.0. The van der Waals surface area contributed by atoms with E-state index in [1.807, 2.05) is 80.6 Å². The van der Waals surface area contributed by atoms with Gasteiger partial charge in [-0.2, -0.15) is 0 Å². The predicted octanol–water partition coefficient (Wildman–Crippen LogP) is 5.00. The Hall–Kier alpha value is -3.38. The molecule has 4 aromatic rings. The minimum absolute atomic E-state index is 0.0432. The number of fused-ring (bicyclic) bond motifs is 1. The number of thioether (sulfide) groups is 1. The molecule has 0 radical (unpaired) electrons. The van der Waals surface area contributed by atoms with Crippen molar-refractivity contribution in [1.29, 1.82) is 0 Å². The summed E-state index contributed by atoms with van der Waals surface area (Å²) in [5, 5.41) is 3.75. The van der Waals surface area contributed by atoms with E-state index in [0.717, 1.165) is 18.5 Å². The maximum absolute atomic E-state index is 13.3. The third-order valence-electron chi connectivity index (χ3n) is 5.51. The Kier molecular flexibility index (Phi) is 7.25. The summed E-state index contributed by atoms with van der Waals surface area (Å²) in [7, 11) is 0. The Morgan fingerprint density at radius 2 is 1.58 bits per heavy atom. The maximum Gasteiger partial charge on any atom is 0.266 e. The second-order valence-electron chi connectivity index (χ2n) is 8.08. The van der Waals surface area contributed by atoms with E-state index in [-0.39, 0.29) is 17.5 Å². The van der Waals surface area contributed by atoms with Crippen LogP contribution in [-0.2, 0) is 11.2 Å². The fourth-order valence-electron chi connectivity index (χ4n) is 3.67. The Balaban J connectivity index is 1.52. The zero-order valence-electron chi connectivity index (χ0n) is 18.8. The van der Waals surface area contributed by atoms with Crippen molar-refractivity contribution in [3.63, 3.8) is 0 Å². The van der Waals surface area contributed by atoms with Crippen molar-refractivity contribution in [1.82, 2.24) is 14.9 Å². The molecule has 1 N–H and O–H groups in total. The van der Waals surface area contributed by atoms with Crippen molar-refractivity contribution in [3.8, 4) is 5.69 Å². The van der Waals surface area contributed by atoms with Gasteiger partial charge >= 0.3 is 0 Å². The minimum atomic E-state index is -0.410. The molecule has 0 spiro atoms. The maximum atomic E-state index is 13.3. The molecule has 168 valence electrons. The number of aryl methyl sites for hydroxylation is 1. The van der Waals surface area contributed by atoms with E-state index in [1.54, 1.807) is 10.6 Å². The van der Waals surface area contributed by atoms with Gasteiger partial charge in [-0.15, -0.1) is 0 Å². The molecule has 0 aliphatic heterocycles. The molecule has 0 bridgehead atoms. The van der Waals surface area contributed by atoms with Gasteiger partial charge in [0.2, 0.25) is 5.91 Å². The van der Waals surface area contributed by atoms with Crippen molar-refractivity contribution in [2.45, 2.75) is 43.1 Å². The fraction of sp³-hybridized carbons (Fsp3) is 0.222. The van der Waals surface area contributed by atoms with Crippen LogP contribution in [0.5, 0.6) is 0 Å². The van der Waals surface area contributed by atoms with E-state index < -0.39 is 5.25 Å². The van der Waals surface area contributed by atoms with E-state index in [0.29, 0.717) is 16.1 Å². The molecule has 4 rings (SSSR count). The van der Waals surface area contributed by atoms with Crippen LogP contribution in [0, 0.1) is 0 Å². The van der Waals surface area contributed by atoms with Gasteiger partial charge in [-0.3, -0.25) is 14.2 Å². The highest BCUT2D eigenvalue weighted by molar-refractivity contribution is 8.00. The lowest BCUT2D eigenvalue weighted by Gasteiger charge is -2.19. The van der Waals surface area contributed by atoms with E-state index in [2.05, 4.69) is 17.4 Å². The zero-order valence-corrected chi connectivity index (χ0v) is 19.6. The largest absolute Gasteiger partial charge is 0.353 e. The number of hydrogen-bond acceptors (Lipinski definition) is 4. The molecule has 0 aliphatic rings. The van der Waals surface area contributed by atoms with Crippen LogP contribution in [0.15, 0.2) is 94.9 Å². The average Bonchev–Trinajstić information content (AvgIpc) is 2.84. The number of hydrogen-bond donors (Lipinski definition) is 1. The van der Waals surface area contributed by atoms with Gasteiger partial charge in [0.1, 0.15) is 0 Å². The molecule has 0 saturated heterocycles. The molecule has 0 saturated carbocycles. The quantitative estimate of drug-likeness (QED) is 0.299. The number of carbonyl (C=O) groups is 1. The topological polar surface area (TPSA) is 64.0 Å². The smallest absolute Gasteiger partial charge is 0.266 e. The van der Waals surface area contributed by atoms with Gasteiger partial charge in [0.25, 0.3) is 5.56 Å². The average molecular weight is 458 g/mol. The first-order valence-electron chi connectivity index (χ1n) is 11.1. The molecule has 3 aromatic carbocycles. The first kappa shape index (κ1) is 22.8. The predicted molar refractivity (Wildman–Crippen MR) is 135 cm³/mol. The van der Waals surface area contributed by atoms with E-state index in [1.165, 1.54) is 17.3 Å². The lowest BCUT2D eigenvalue weighted by Crippen LogP contribution is -2.38. The molecule has 5 nitrogen and oxygen atoms in total. The van der Waals surface area contributed by atoms with Crippen LogP contribution < -0.4 is 10.9 Å². The number of amides is 1. The van der Waals surface area contributed by atoms with Crippen molar-refractivity contribution < 1.29 is 4.79 Å². The van der Waals surface area contributed by atoms with Crippen LogP contribution in [0.4, 0.5) is 0 Å². The van der Waals surface area contributed by atoms with Crippen molar-refractivity contribution in [2.75, 3.05) is 0 Å². The second-order valence-corrected chi connectivity index (χ2v) is 9.39. The molecule has 1 aromatic heterocycles. The Bertz CT molecular complexity index is 1290. The Labute approximate surface area is 197 Å². The fourth-order valence-corrected chi connectivity index (χ4v) is 4.60. The number of rotatable bonds is 8. The number of nitrogens with zero attached hydrogens (tertiary/aromatic N) is 2. The molecule has 33 heavy (non-hydrogen) atoms. The molecule has 2 atom stereocenters. The third-order valence-corrected chi connectivity index (χ3v) is 6.56. The number of para-hydroxylation sites is 2. The standard InChI is InChI=1S/C27H27N3O2S/c1-19(17-18-21-11-5-3-6-12-21)28-25(31)20(2)33-27-29-24-16-10-9-15-23(24)26(32)30(27)22-13-7-4-8-14-22/h3-16,19-20H,17-18H2,1-2H3,(H,28,31)/t19-,20+/m1/s1. The van der Waals surface area contributed by atoms with Crippen LogP contribution in [0.3, 0.4) is 0 Å². The van der Waals surface area contributed by atoms with Crippen LogP contribution >= 0.6 is 11.8 Å². The molecule has 0 aliphatic carbocycles. The monoisotopic (exact) mass is 457 g/mol. The van der Waals surface area contributed by atoms with E-state index in [9.17, 15) is 9.59 Å². The number of nitrogens with one attached hydrogen (secondary N) is 1. The van der Waals surface area contributed by atoms with E-state index >= 15 is 0 Å². The summed E-state index contributed by atoms with van der Waals surface area (Å²) in [6.07, 6.45) is 1.76. The first-order chi connectivity index (χ1) is 16.0. The molecule has 0 fully saturated rings. The lowest BCUT2D eigenvalue weighted by molar-refractivity contribution is -0.120. The van der Waals surface area contributed by atoms with Crippen molar-refractivity contribution in [2.24, 2.45) is 0 Å². The van der Waals surface area contributed by atoms with Gasteiger partial charge in [0.15, 0.2) is 5.16 Å². The number of benzene rings is 3. The Morgan fingerprint density at radius 3 is 2.30 bits per heavy atom. The molecular weight excluding hydrogens is 430 g/mol.